The Labute approximate surface area is 135 Å². The summed E-state index contributed by atoms with van der Waals surface area (Å²) in [6, 6.07) is 17.5. The normalized spacial score (nSPS) is 22.8. The van der Waals surface area contributed by atoms with E-state index in [-0.39, 0.29) is 22.9 Å². The molecule has 6 heteroatoms. The second kappa shape index (κ2) is 6.38. The molecule has 1 aliphatic rings. The molecule has 2 aromatic rings. The van der Waals surface area contributed by atoms with E-state index in [0.717, 1.165) is 10.0 Å². The molecule has 0 N–H and O–H groups in total. The highest BCUT2D eigenvalue weighted by Crippen LogP contribution is 2.37. The third kappa shape index (κ3) is 2.90. The Hall–Kier alpha value is -1.40. The van der Waals surface area contributed by atoms with E-state index in [0.29, 0.717) is 6.42 Å². The van der Waals surface area contributed by atoms with E-state index >= 15 is 0 Å². The highest BCUT2D eigenvalue weighted by molar-refractivity contribution is 7.89. The lowest BCUT2D eigenvalue weighted by atomic mass is 10.0. The Morgan fingerprint density at radius 3 is 2.23 bits per heavy atom. The molecule has 0 aromatic heterocycles. The average molecular weight is 338 g/mol. The largest absolute Gasteiger partial charge is 0.276 e. The summed E-state index contributed by atoms with van der Waals surface area (Å²) in [7, 11) is -3.71. The van der Waals surface area contributed by atoms with Crippen molar-refractivity contribution in [2.45, 2.75) is 23.5 Å². The first-order valence-electron chi connectivity index (χ1n) is 7.00. The molecule has 1 fully saturated rings. The van der Waals surface area contributed by atoms with E-state index in [4.69, 9.17) is 16.4 Å². The molecule has 2 aromatic carbocycles. The van der Waals surface area contributed by atoms with Gasteiger partial charge in [-0.1, -0.05) is 53.0 Å². The van der Waals surface area contributed by atoms with Gasteiger partial charge in [0, 0.05) is 12.3 Å². The van der Waals surface area contributed by atoms with Gasteiger partial charge in [0.25, 0.3) is 10.0 Å². The average Bonchev–Trinajstić information content (AvgIpc) is 3.02. The topological polar surface area (TPSA) is 46.6 Å². The van der Waals surface area contributed by atoms with Crippen LogP contribution in [-0.4, -0.2) is 24.8 Å². The van der Waals surface area contributed by atoms with E-state index in [2.05, 4.69) is 0 Å². The molecular formula is C16H16ClNO3S. The molecule has 4 nitrogen and oxygen atoms in total. The van der Waals surface area contributed by atoms with Crippen molar-refractivity contribution < 1.29 is 13.3 Å². The monoisotopic (exact) mass is 337 g/mol. The van der Waals surface area contributed by atoms with Gasteiger partial charge in [-0.3, -0.25) is 4.84 Å². The molecule has 0 spiro atoms. The molecule has 116 valence electrons. The summed E-state index contributed by atoms with van der Waals surface area (Å²) >= 11 is 5.96. The number of hydroxylamine groups is 1. The number of hydrogen-bond donors (Lipinski definition) is 0. The molecular weight excluding hydrogens is 322 g/mol. The lowest BCUT2D eigenvalue weighted by molar-refractivity contribution is -0.0886. The van der Waals surface area contributed by atoms with Gasteiger partial charge in [-0.25, -0.2) is 8.42 Å². The Morgan fingerprint density at radius 1 is 1.05 bits per heavy atom. The molecule has 1 aliphatic heterocycles. The van der Waals surface area contributed by atoms with Gasteiger partial charge in [0.1, 0.15) is 6.10 Å². The fourth-order valence-electron chi connectivity index (χ4n) is 2.52. The first-order valence-corrected chi connectivity index (χ1v) is 8.97. The molecule has 0 aliphatic carbocycles. The van der Waals surface area contributed by atoms with Crippen molar-refractivity contribution in [1.29, 1.82) is 0 Å². The molecule has 0 amide bonds. The quantitative estimate of drug-likeness (QED) is 0.804. The highest BCUT2D eigenvalue weighted by atomic mass is 35.5. The van der Waals surface area contributed by atoms with Crippen LogP contribution in [0.2, 0.25) is 0 Å². The Balaban J connectivity index is 1.90. The van der Waals surface area contributed by atoms with Crippen molar-refractivity contribution in [3.8, 4) is 0 Å². The lowest BCUT2D eigenvalue weighted by Crippen LogP contribution is -2.35. The molecule has 1 saturated heterocycles. The summed E-state index contributed by atoms with van der Waals surface area (Å²) in [5, 5.41) is 0. The standard InChI is InChI=1S/C16H16ClNO3S/c17-12-14-11-16(13-7-3-1-4-8-13)21-18(14)22(19,20)15-9-5-2-6-10-15/h1-10,14,16H,11-12H2/t14-,16+/m1/s1. The lowest BCUT2D eigenvalue weighted by Gasteiger charge is -2.20. The molecule has 1 heterocycles. The van der Waals surface area contributed by atoms with Crippen LogP contribution in [0, 0.1) is 0 Å². The first kappa shape index (κ1) is 15.5. The van der Waals surface area contributed by atoms with Crippen LogP contribution < -0.4 is 0 Å². The zero-order valence-electron chi connectivity index (χ0n) is 11.8. The minimum Gasteiger partial charge on any atom is -0.276 e. The van der Waals surface area contributed by atoms with Gasteiger partial charge in [-0.15, -0.1) is 11.6 Å². The van der Waals surface area contributed by atoms with Crippen molar-refractivity contribution in [3.63, 3.8) is 0 Å². The van der Waals surface area contributed by atoms with Crippen molar-refractivity contribution in [1.82, 2.24) is 4.47 Å². The predicted molar refractivity (Wildman–Crippen MR) is 84.9 cm³/mol. The smallest absolute Gasteiger partial charge is 0.265 e. The van der Waals surface area contributed by atoms with Crippen molar-refractivity contribution in [3.05, 3.63) is 66.2 Å². The van der Waals surface area contributed by atoms with E-state index in [9.17, 15) is 8.42 Å². The van der Waals surface area contributed by atoms with Gasteiger partial charge < -0.3 is 0 Å². The number of alkyl halides is 1. The van der Waals surface area contributed by atoms with Crippen LogP contribution in [0.15, 0.2) is 65.6 Å². The summed E-state index contributed by atoms with van der Waals surface area (Å²) in [6.07, 6.45) is 0.239. The number of halogens is 1. The zero-order chi connectivity index (χ0) is 15.6. The number of hydrogen-bond acceptors (Lipinski definition) is 3. The molecule has 0 unspecified atom stereocenters. The number of benzene rings is 2. The van der Waals surface area contributed by atoms with Crippen molar-refractivity contribution in [2.24, 2.45) is 0 Å². The first-order chi connectivity index (χ1) is 10.6. The van der Waals surface area contributed by atoms with E-state index in [1.54, 1.807) is 30.3 Å². The Bertz CT molecular complexity index is 722. The molecule has 0 saturated carbocycles. The Kier molecular flexibility index (Phi) is 4.49. The number of nitrogens with zero attached hydrogens (tertiary/aromatic N) is 1. The molecule has 2 atom stereocenters. The molecule has 3 rings (SSSR count). The summed E-state index contributed by atoms with van der Waals surface area (Å²) in [5.74, 6) is 0.190. The van der Waals surface area contributed by atoms with Crippen LogP contribution in [-0.2, 0) is 14.9 Å². The van der Waals surface area contributed by atoms with Crippen LogP contribution in [0.25, 0.3) is 0 Å². The van der Waals surface area contributed by atoms with Crippen LogP contribution in [0.4, 0.5) is 0 Å². The summed E-state index contributed by atoms with van der Waals surface area (Å²) in [4.78, 5) is 5.94. The maximum Gasteiger partial charge on any atom is 0.265 e. The molecule has 22 heavy (non-hydrogen) atoms. The number of sulfonamides is 1. The summed E-state index contributed by atoms with van der Waals surface area (Å²) in [6.45, 7) is 0. The minimum absolute atomic E-state index is 0.190. The summed E-state index contributed by atoms with van der Waals surface area (Å²) < 4.78 is 26.5. The Morgan fingerprint density at radius 2 is 1.64 bits per heavy atom. The van der Waals surface area contributed by atoms with Crippen LogP contribution in [0.3, 0.4) is 0 Å². The van der Waals surface area contributed by atoms with Gasteiger partial charge >= 0.3 is 0 Å². The van der Waals surface area contributed by atoms with Crippen molar-refractivity contribution >= 4 is 21.6 Å². The molecule has 0 bridgehead atoms. The fraction of sp³-hybridized carbons (Fsp3) is 0.250. The van der Waals surface area contributed by atoms with E-state index < -0.39 is 10.0 Å². The van der Waals surface area contributed by atoms with Gasteiger partial charge in [-0.05, 0) is 17.7 Å². The van der Waals surface area contributed by atoms with Gasteiger partial charge in [0.2, 0.25) is 0 Å². The van der Waals surface area contributed by atoms with Crippen LogP contribution >= 0.6 is 11.6 Å². The number of rotatable bonds is 4. The maximum atomic E-state index is 12.7. The maximum absolute atomic E-state index is 12.7. The van der Waals surface area contributed by atoms with Crippen LogP contribution in [0.5, 0.6) is 0 Å². The van der Waals surface area contributed by atoms with E-state index in [1.807, 2.05) is 30.3 Å². The van der Waals surface area contributed by atoms with Gasteiger partial charge in [0.15, 0.2) is 0 Å². The third-order valence-electron chi connectivity index (χ3n) is 3.64. The van der Waals surface area contributed by atoms with Crippen molar-refractivity contribution in [2.75, 3.05) is 5.88 Å². The molecule has 0 radical (unpaired) electrons. The SMILES string of the molecule is O=S(=O)(c1ccccc1)N1O[C@H](c2ccccc2)C[C@@H]1CCl. The van der Waals surface area contributed by atoms with E-state index in [1.165, 1.54) is 0 Å². The predicted octanol–water partition coefficient (Wildman–Crippen LogP) is 3.36. The second-order valence-electron chi connectivity index (χ2n) is 5.12. The third-order valence-corrected chi connectivity index (χ3v) is 5.72. The van der Waals surface area contributed by atoms with Gasteiger partial charge in [0.05, 0.1) is 10.9 Å². The minimum atomic E-state index is -3.71. The highest BCUT2D eigenvalue weighted by Gasteiger charge is 2.41. The zero-order valence-corrected chi connectivity index (χ0v) is 13.4. The fourth-order valence-corrected chi connectivity index (χ4v) is 4.33. The van der Waals surface area contributed by atoms with Crippen LogP contribution in [0.1, 0.15) is 18.1 Å². The second-order valence-corrected chi connectivity index (χ2v) is 7.21. The van der Waals surface area contributed by atoms with Gasteiger partial charge in [-0.2, -0.15) is 0 Å². The summed E-state index contributed by atoms with van der Waals surface area (Å²) in [5.41, 5.74) is 0.948.